The standard InChI is InChI=1S/C19H29N3O/c1-4-6-7-13-22(3)19(20-5-2)21-12-10-16-8-9-18-17(15-16)11-14-23-18/h4,8-9,15H,1,5-7,10-14H2,2-3H3,(H,20,21). The summed E-state index contributed by atoms with van der Waals surface area (Å²) < 4.78 is 5.56. The number of nitrogens with zero attached hydrogens (tertiary/aromatic N) is 2. The van der Waals surface area contributed by atoms with Gasteiger partial charge in [0.1, 0.15) is 5.75 Å². The van der Waals surface area contributed by atoms with E-state index in [1.165, 1.54) is 11.1 Å². The Hall–Kier alpha value is -1.97. The number of fused-ring (bicyclic) bond motifs is 1. The van der Waals surface area contributed by atoms with E-state index in [0.717, 1.165) is 63.6 Å². The summed E-state index contributed by atoms with van der Waals surface area (Å²) in [6.07, 6.45) is 6.11. The van der Waals surface area contributed by atoms with Crippen LogP contribution in [0.1, 0.15) is 30.9 Å². The second kappa shape index (κ2) is 9.23. The third kappa shape index (κ3) is 5.31. The maximum absolute atomic E-state index is 5.56. The highest BCUT2D eigenvalue weighted by atomic mass is 16.5. The van der Waals surface area contributed by atoms with Crippen LogP contribution in [0.25, 0.3) is 0 Å². The first-order valence-electron chi connectivity index (χ1n) is 8.59. The number of nitrogens with one attached hydrogen (secondary N) is 1. The monoisotopic (exact) mass is 315 g/mol. The third-order valence-electron chi connectivity index (χ3n) is 4.01. The van der Waals surface area contributed by atoms with Crippen molar-refractivity contribution in [2.24, 2.45) is 4.99 Å². The van der Waals surface area contributed by atoms with E-state index in [-0.39, 0.29) is 0 Å². The van der Waals surface area contributed by atoms with Gasteiger partial charge in [-0.05, 0) is 43.4 Å². The van der Waals surface area contributed by atoms with E-state index in [1.807, 2.05) is 6.08 Å². The zero-order valence-electron chi connectivity index (χ0n) is 14.5. The Morgan fingerprint density at radius 1 is 1.48 bits per heavy atom. The Morgan fingerprint density at radius 2 is 2.35 bits per heavy atom. The highest BCUT2D eigenvalue weighted by molar-refractivity contribution is 5.79. The fourth-order valence-electron chi connectivity index (χ4n) is 2.73. The molecular formula is C19H29N3O. The second-order valence-corrected chi connectivity index (χ2v) is 5.88. The summed E-state index contributed by atoms with van der Waals surface area (Å²) in [4.78, 5) is 6.95. The molecule has 0 fully saturated rings. The van der Waals surface area contributed by atoms with Gasteiger partial charge < -0.3 is 15.0 Å². The van der Waals surface area contributed by atoms with E-state index in [2.05, 4.69) is 49.0 Å². The van der Waals surface area contributed by atoms with Gasteiger partial charge in [-0.25, -0.2) is 0 Å². The molecule has 0 saturated carbocycles. The molecule has 4 heteroatoms. The summed E-state index contributed by atoms with van der Waals surface area (Å²) >= 11 is 0. The van der Waals surface area contributed by atoms with Crippen LogP contribution in [-0.4, -0.2) is 44.1 Å². The normalized spacial score (nSPS) is 13.4. The molecule has 126 valence electrons. The molecule has 0 unspecified atom stereocenters. The Kier molecular flexibility index (Phi) is 6.98. The van der Waals surface area contributed by atoms with Crippen LogP contribution >= 0.6 is 0 Å². The lowest BCUT2D eigenvalue weighted by atomic mass is 10.1. The minimum absolute atomic E-state index is 0.799. The number of guanidine groups is 1. The molecule has 0 aromatic heterocycles. The van der Waals surface area contributed by atoms with Crippen molar-refractivity contribution in [3.63, 3.8) is 0 Å². The largest absolute Gasteiger partial charge is 0.493 e. The molecular weight excluding hydrogens is 286 g/mol. The van der Waals surface area contributed by atoms with E-state index >= 15 is 0 Å². The van der Waals surface area contributed by atoms with E-state index in [4.69, 9.17) is 9.73 Å². The summed E-state index contributed by atoms with van der Waals surface area (Å²) in [7, 11) is 2.09. The SMILES string of the molecule is C=CCCCN(C)C(=NCCc1ccc2c(c1)CCO2)NCC. The first-order chi connectivity index (χ1) is 11.2. The minimum Gasteiger partial charge on any atom is -0.493 e. The van der Waals surface area contributed by atoms with Crippen LogP contribution in [0.3, 0.4) is 0 Å². The van der Waals surface area contributed by atoms with Crippen molar-refractivity contribution in [2.75, 3.05) is 33.3 Å². The number of allylic oxidation sites excluding steroid dienone is 1. The molecule has 0 bridgehead atoms. The van der Waals surface area contributed by atoms with Crippen LogP contribution in [0.15, 0.2) is 35.8 Å². The summed E-state index contributed by atoms with van der Waals surface area (Å²) in [6, 6.07) is 6.51. The molecule has 1 aromatic carbocycles. The van der Waals surface area contributed by atoms with Gasteiger partial charge in [0.2, 0.25) is 0 Å². The van der Waals surface area contributed by atoms with Crippen molar-refractivity contribution in [3.8, 4) is 5.75 Å². The van der Waals surface area contributed by atoms with E-state index < -0.39 is 0 Å². The van der Waals surface area contributed by atoms with Crippen LogP contribution in [0.5, 0.6) is 5.75 Å². The molecule has 1 heterocycles. The molecule has 0 aliphatic carbocycles. The van der Waals surface area contributed by atoms with E-state index in [1.54, 1.807) is 0 Å². The maximum atomic E-state index is 5.56. The lowest BCUT2D eigenvalue weighted by Crippen LogP contribution is -2.39. The molecule has 1 N–H and O–H groups in total. The third-order valence-corrected chi connectivity index (χ3v) is 4.01. The van der Waals surface area contributed by atoms with Gasteiger partial charge in [-0.2, -0.15) is 0 Å². The molecule has 0 atom stereocenters. The molecule has 0 amide bonds. The number of aliphatic imine (C=N–C) groups is 1. The summed E-state index contributed by atoms with van der Waals surface area (Å²) in [6.45, 7) is 9.38. The first kappa shape index (κ1) is 17.4. The fraction of sp³-hybridized carbons (Fsp3) is 0.526. The average Bonchev–Trinajstić information content (AvgIpc) is 3.02. The summed E-state index contributed by atoms with van der Waals surface area (Å²) in [5.74, 6) is 2.04. The van der Waals surface area contributed by atoms with Crippen molar-refractivity contribution in [1.29, 1.82) is 0 Å². The zero-order valence-corrected chi connectivity index (χ0v) is 14.5. The minimum atomic E-state index is 0.799. The number of rotatable bonds is 8. The molecule has 0 radical (unpaired) electrons. The predicted octanol–water partition coefficient (Wildman–Crippen LogP) is 3.03. The van der Waals surface area contributed by atoms with Gasteiger partial charge in [0.25, 0.3) is 0 Å². The number of hydrogen-bond donors (Lipinski definition) is 1. The molecule has 0 saturated heterocycles. The Labute approximate surface area is 140 Å². The van der Waals surface area contributed by atoms with E-state index in [9.17, 15) is 0 Å². The predicted molar refractivity (Wildman–Crippen MR) is 97.4 cm³/mol. The summed E-state index contributed by atoms with van der Waals surface area (Å²) in [5.41, 5.74) is 2.67. The highest BCUT2D eigenvalue weighted by Crippen LogP contribution is 2.25. The van der Waals surface area contributed by atoms with Crippen molar-refractivity contribution in [1.82, 2.24) is 10.2 Å². The molecule has 2 rings (SSSR count). The number of hydrogen-bond acceptors (Lipinski definition) is 2. The van der Waals surface area contributed by atoms with Gasteiger partial charge in [0.05, 0.1) is 6.61 Å². The lowest BCUT2D eigenvalue weighted by molar-refractivity contribution is 0.357. The Bertz CT molecular complexity index is 539. The van der Waals surface area contributed by atoms with Crippen LogP contribution in [0, 0.1) is 0 Å². The van der Waals surface area contributed by atoms with Crippen LogP contribution < -0.4 is 10.1 Å². The van der Waals surface area contributed by atoms with Gasteiger partial charge in [-0.1, -0.05) is 18.2 Å². The van der Waals surface area contributed by atoms with Crippen molar-refractivity contribution in [2.45, 2.75) is 32.6 Å². The van der Waals surface area contributed by atoms with Crippen molar-refractivity contribution >= 4 is 5.96 Å². The van der Waals surface area contributed by atoms with E-state index in [0.29, 0.717) is 0 Å². The van der Waals surface area contributed by atoms with Crippen LogP contribution in [0.2, 0.25) is 0 Å². The van der Waals surface area contributed by atoms with Gasteiger partial charge in [0, 0.05) is 33.1 Å². The highest BCUT2D eigenvalue weighted by Gasteiger charge is 2.11. The maximum Gasteiger partial charge on any atom is 0.193 e. The number of benzene rings is 1. The van der Waals surface area contributed by atoms with Crippen molar-refractivity contribution < 1.29 is 4.74 Å². The second-order valence-electron chi connectivity index (χ2n) is 5.88. The fourth-order valence-corrected chi connectivity index (χ4v) is 2.73. The lowest BCUT2D eigenvalue weighted by Gasteiger charge is -2.21. The molecule has 1 aliphatic rings. The average molecular weight is 315 g/mol. The summed E-state index contributed by atoms with van der Waals surface area (Å²) in [5, 5.41) is 3.37. The molecule has 1 aromatic rings. The Balaban J connectivity index is 1.88. The van der Waals surface area contributed by atoms with Crippen molar-refractivity contribution in [3.05, 3.63) is 42.0 Å². The van der Waals surface area contributed by atoms with Gasteiger partial charge in [-0.3, -0.25) is 4.99 Å². The topological polar surface area (TPSA) is 36.9 Å². The van der Waals surface area contributed by atoms with Gasteiger partial charge in [-0.15, -0.1) is 6.58 Å². The smallest absolute Gasteiger partial charge is 0.193 e. The number of ether oxygens (including phenoxy) is 1. The molecule has 0 spiro atoms. The molecule has 4 nitrogen and oxygen atoms in total. The molecule has 1 aliphatic heterocycles. The van der Waals surface area contributed by atoms with Gasteiger partial charge >= 0.3 is 0 Å². The van der Waals surface area contributed by atoms with Crippen LogP contribution in [0.4, 0.5) is 0 Å². The quantitative estimate of drug-likeness (QED) is 0.347. The molecule has 23 heavy (non-hydrogen) atoms. The Morgan fingerprint density at radius 3 is 3.13 bits per heavy atom. The first-order valence-corrected chi connectivity index (χ1v) is 8.59. The van der Waals surface area contributed by atoms with Crippen LogP contribution in [-0.2, 0) is 12.8 Å². The van der Waals surface area contributed by atoms with Gasteiger partial charge in [0.15, 0.2) is 5.96 Å². The number of unbranched alkanes of at least 4 members (excludes halogenated alkanes) is 1. The zero-order chi connectivity index (χ0) is 16.5.